The van der Waals surface area contributed by atoms with Gasteiger partial charge in [-0.25, -0.2) is 4.98 Å². The SMILES string of the molecule is CCOC(OCC)c1ccc(CNCC2CCC(Nc3nc(N(C)C)c4ccccc4n3)CC2)cc1. The van der Waals surface area contributed by atoms with Crippen molar-refractivity contribution in [3.05, 3.63) is 59.7 Å². The van der Waals surface area contributed by atoms with E-state index in [0.29, 0.717) is 25.2 Å². The maximum atomic E-state index is 5.70. The van der Waals surface area contributed by atoms with Crippen molar-refractivity contribution >= 4 is 22.7 Å². The number of rotatable bonds is 12. The van der Waals surface area contributed by atoms with Crippen LogP contribution in [-0.4, -0.2) is 49.9 Å². The van der Waals surface area contributed by atoms with Crippen LogP contribution in [0.25, 0.3) is 10.9 Å². The molecule has 0 bridgehead atoms. The number of benzene rings is 2. The fourth-order valence-electron chi connectivity index (χ4n) is 4.92. The summed E-state index contributed by atoms with van der Waals surface area (Å²) in [4.78, 5) is 11.6. The van der Waals surface area contributed by atoms with Crippen LogP contribution >= 0.6 is 0 Å². The Bertz CT molecular complexity index is 1070. The molecular formula is C29H41N5O2. The Morgan fingerprint density at radius 1 is 0.917 bits per heavy atom. The predicted molar refractivity (Wildman–Crippen MR) is 147 cm³/mol. The van der Waals surface area contributed by atoms with E-state index in [4.69, 9.17) is 19.4 Å². The summed E-state index contributed by atoms with van der Waals surface area (Å²) in [5, 5.41) is 8.36. The van der Waals surface area contributed by atoms with Crippen LogP contribution in [0.15, 0.2) is 48.5 Å². The van der Waals surface area contributed by atoms with Crippen LogP contribution in [0.1, 0.15) is 56.9 Å². The zero-order valence-electron chi connectivity index (χ0n) is 22.2. The lowest BCUT2D eigenvalue weighted by atomic mass is 9.86. The lowest BCUT2D eigenvalue weighted by Crippen LogP contribution is -2.31. The van der Waals surface area contributed by atoms with Gasteiger partial charge in [0, 0.05) is 50.8 Å². The van der Waals surface area contributed by atoms with E-state index in [1.54, 1.807) is 0 Å². The molecule has 0 amide bonds. The summed E-state index contributed by atoms with van der Waals surface area (Å²) in [6.07, 6.45) is 4.43. The van der Waals surface area contributed by atoms with Crippen LogP contribution in [0, 0.1) is 5.92 Å². The molecule has 2 N–H and O–H groups in total. The molecule has 1 aliphatic rings. The minimum absolute atomic E-state index is 0.278. The van der Waals surface area contributed by atoms with E-state index in [9.17, 15) is 0 Å². The molecule has 4 rings (SSSR count). The lowest BCUT2D eigenvalue weighted by Gasteiger charge is -2.29. The van der Waals surface area contributed by atoms with E-state index in [2.05, 4.69) is 51.9 Å². The topological polar surface area (TPSA) is 71.5 Å². The molecule has 194 valence electrons. The van der Waals surface area contributed by atoms with Crippen LogP contribution in [0.2, 0.25) is 0 Å². The molecule has 2 aromatic carbocycles. The quantitative estimate of drug-likeness (QED) is 0.323. The number of hydrogen-bond donors (Lipinski definition) is 2. The fraction of sp³-hybridized carbons (Fsp3) is 0.517. The first kappa shape index (κ1) is 26.3. The van der Waals surface area contributed by atoms with Gasteiger partial charge in [-0.1, -0.05) is 36.4 Å². The van der Waals surface area contributed by atoms with E-state index in [0.717, 1.165) is 54.2 Å². The Labute approximate surface area is 215 Å². The maximum absolute atomic E-state index is 5.70. The van der Waals surface area contributed by atoms with Gasteiger partial charge in [0.2, 0.25) is 5.95 Å². The number of nitrogens with zero attached hydrogens (tertiary/aromatic N) is 3. The third-order valence-corrected chi connectivity index (χ3v) is 6.84. The van der Waals surface area contributed by atoms with Crippen LogP contribution in [-0.2, 0) is 16.0 Å². The second-order valence-electron chi connectivity index (χ2n) is 9.76. The van der Waals surface area contributed by atoms with Crippen molar-refractivity contribution in [3.8, 4) is 0 Å². The molecule has 7 heteroatoms. The number of hydrogen-bond acceptors (Lipinski definition) is 7. The monoisotopic (exact) mass is 491 g/mol. The number of nitrogens with one attached hydrogen (secondary N) is 2. The molecule has 0 radical (unpaired) electrons. The molecule has 7 nitrogen and oxygen atoms in total. The van der Waals surface area contributed by atoms with Gasteiger partial charge in [-0.3, -0.25) is 0 Å². The van der Waals surface area contributed by atoms with Gasteiger partial charge >= 0.3 is 0 Å². The van der Waals surface area contributed by atoms with Gasteiger partial charge in [0.05, 0.1) is 5.52 Å². The van der Waals surface area contributed by atoms with Gasteiger partial charge in [-0.15, -0.1) is 0 Å². The number of aromatic nitrogens is 2. The molecule has 1 aromatic heterocycles. The largest absolute Gasteiger partial charge is 0.362 e. The van der Waals surface area contributed by atoms with Gasteiger partial charge in [-0.05, 0) is 69.7 Å². The summed E-state index contributed by atoms with van der Waals surface area (Å²) < 4.78 is 11.4. The van der Waals surface area contributed by atoms with Crippen molar-refractivity contribution in [3.63, 3.8) is 0 Å². The molecule has 1 saturated carbocycles. The van der Waals surface area contributed by atoms with E-state index in [1.165, 1.54) is 18.4 Å². The molecule has 0 unspecified atom stereocenters. The van der Waals surface area contributed by atoms with Crippen LogP contribution in [0.5, 0.6) is 0 Å². The van der Waals surface area contributed by atoms with Gasteiger partial charge in [-0.2, -0.15) is 4.98 Å². The minimum Gasteiger partial charge on any atom is -0.362 e. The Hall–Kier alpha value is -2.74. The highest BCUT2D eigenvalue weighted by molar-refractivity contribution is 5.90. The van der Waals surface area contributed by atoms with Crippen molar-refractivity contribution in [2.75, 3.05) is 44.1 Å². The fourth-order valence-corrected chi connectivity index (χ4v) is 4.92. The number of ether oxygens (including phenoxy) is 2. The smallest absolute Gasteiger partial charge is 0.225 e. The summed E-state index contributed by atoms with van der Waals surface area (Å²) in [6, 6.07) is 17.2. The molecule has 1 aliphatic carbocycles. The summed E-state index contributed by atoms with van der Waals surface area (Å²) in [5.41, 5.74) is 3.34. The molecular weight excluding hydrogens is 450 g/mol. The second kappa shape index (κ2) is 13.0. The molecule has 1 fully saturated rings. The van der Waals surface area contributed by atoms with Gasteiger partial charge in [0.15, 0.2) is 6.29 Å². The van der Waals surface area contributed by atoms with Crippen LogP contribution < -0.4 is 15.5 Å². The average Bonchev–Trinajstić information content (AvgIpc) is 2.89. The average molecular weight is 492 g/mol. The van der Waals surface area contributed by atoms with Gasteiger partial charge in [0.1, 0.15) is 5.82 Å². The van der Waals surface area contributed by atoms with E-state index < -0.39 is 0 Å². The lowest BCUT2D eigenvalue weighted by molar-refractivity contribution is -0.140. The Balaban J connectivity index is 1.23. The molecule has 0 atom stereocenters. The second-order valence-corrected chi connectivity index (χ2v) is 9.76. The van der Waals surface area contributed by atoms with E-state index in [-0.39, 0.29) is 6.29 Å². The highest BCUT2D eigenvalue weighted by Gasteiger charge is 2.22. The third-order valence-electron chi connectivity index (χ3n) is 6.84. The van der Waals surface area contributed by atoms with Crippen LogP contribution in [0.4, 0.5) is 11.8 Å². The highest BCUT2D eigenvalue weighted by atomic mass is 16.7. The zero-order valence-corrected chi connectivity index (χ0v) is 22.2. The first-order valence-electron chi connectivity index (χ1n) is 13.3. The van der Waals surface area contributed by atoms with Crippen molar-refractivity contribution in [2.24, 2.45) is 5.92 Å². The Morgan fingerprint density at radius 2 is 1.61 bits per heavy atom. The van der Waals surface area contributed by atoms with Gasteiger partial charge in [0.25, 0.3) is 0 Å². The number of fused-ring (bicyclic) bond motifs is 1. The summed E-state index contributed by atoms with van der Waals surface area (Å²) in [7, 11) is 4.06. The van der Waals surface area contributed by atoms with Crippen LogP contribution in [0.3, 0.4) is 0 Å². The summed E-state index contributed by atoms with van der Waals surface area (Å²) >= 11 is 0. The molecule has 0 saturated heterocycles. The van der Waals surface area contributed by atoms with Crippen molar-refractivity contribution in [1.29, 1.82) is 0 Å². The Morgan fingerprint density at radius 3 is 2.28 bits per heavy atom. The van der Waals surface area contributed by atoms with Crippen molar-refractivity contribution in [2.45, 2.75) is 58.4 Å². The zero-order chi connectivity index (χ0) is 25.3. The minimum atomic E-state index is -0.278. The molecule has 36 heavy (non-hydrogen) atoms. The van der Waals surface area contributed by atoms with Crippen molar-refractivity contribution in [1.82, 2.24) is 15.3 Å². The number of para-hydroxylation sites is 1. The first-order chi connectivity index (χ1) is 17.6. The maximum Gasteiger partial charge on any atom is 0.225 e. The Kier molecular flexibility index (Phi) is 9.50. The predicted octanol–water partition coefficient (Wildman–Crippen LogP) is 5.53. The third kappa shape index (κ3) is 6.93. The van der Waals surface area contributed by atoms with Gasteiger partial charge < -0.3 is 25.0 Å². The normalized spacial score (nSPS) is 18.0. The highest BCUT2D eigenvalue weighted by Crippen LogP contribution is 2.28. The number of anilines is 2. The molecule has 3 aromatic rings. The standard InChI is InChI=1S/C29H41N5O2/c1-5-35-28(36-6-2)23-15-11-21(12-16-23)19-30-20-22-13-17-24(18-14-22)31-29-32-26-10-8-7-9-25(26)27(33-29)34(3)4/h7-12,15-16,22,24,28,30H,5-6,13-14,17-20H2,1-4H3,(H,31,32,33). The molecule has 0 aliphatic heterocycles. The summed E-state index contributed by atoms with van der Waals surface area (Å²) in [6.45, 7) is 7.19. The summed E-state index contributed by atoms with van der Waals surface area (Å²) in [5.74, 6) is 2.40. The van der Waals surface area contributed by atoms with Crippen molar-refractivity contribution < 1.29 is 9.47 Å². The first-order valence-corrected chi connectivity index (χ1v) is 13.3. The molecule has 1 heterocycles. The van der Waals surface area contributed by atoms with E-state index >= 15 is 0 Å². The van der Waals surface area contributed by atoms with E-state index in [1.807, 2.05) is 40.1 Å². The molecule has 0 spiro atoms.